The summed E-state index contributed by atoms with van der Waals surface area (Å²) in [5, 5.41) is 10.1. The van der Waals surface area contributed by atoms with Gasteiger partial charge in [-0.25, -0.2) is 0 Å². The van der Waals surface area contributed by atoms with Crippen molar-refractivity contribution in [1.82, 2.24) is 4.98 Å². The van der Waals surface area contributed by atoms with Crippen LogP contribution in [0.1, 0.15) is 56.6 Å². The molecule has 0 spiro atoms. The minimum atomic E-state index is -0.322. The summed E-state index contributed by atoms with van der Waals surface area (Å²) in [4.78, 5) is 4.06. The van der Waals surface area contributed by atoms with Crippen molar-refractivity contribution in [2.45, 2.75) is 51.0 Å². The van der Waals surface area contributed by atoms with Gasteiger partial charge in [-0.1, -0.05) is 44.6 Å². The van der Waals surface area contributed by atoms with Crippen LogP contribution in [-0.2, 0) is 0 Å². The molecule has 0 radical (unpaired) electrons. The lowest BCUT2D eigenvalue weighted by Gasteiger charge is -2.18. The van der Waals surface area contributed by atoms with Crippen LogP contribution in [0.2, 0.25) is 0 Å². The molecule has 1 unspecified atom stereocenters. The zero-order chi connectivity index (χ0) is 11.2. The zero-order valence-corrected chi connectivity index (χ0v) is 9.81. The highest BCUT2D eigenvalue weighted by Gasteiger charge is 2.17. The molecule has 1 N–H and O–H groups in total. The van der Waals surface area contributed by atoms with Crippen molar-refractivity contribution in [2.24, 2.45) is 5.92 Å². The Morgan fingerprint density at radius 3 is 2.62 bits per heavy atom. The third kappa shape index (κ3) is 3.31. The van der Waals surface area contributed by atoms with E-state index in [9.17, 15) is 5.11 Å². The fourth-order valence-corrected chi connectivity index (χ4v) is 2.62. The number of pyridine rings is 1. The maximum absolute atomic E-state index is 10.1. The second-order valence-electron chi connectivity index (χ2n) is 4.90. The Morgan fingerprint density at radius 1 is 1.25 bits per heavy atom. The van der Waals surface area contributed by atoms with Gasteiger partial charge in [-0.15, -0.1) is 0 Å². The standard InChI is InChI=1S/C14H21NO/c16-14(13-8-5-9-15-11-13)10-12-6-3-1-2-4-7-12/h5,8-9,11-12,14,16H,1-4,6-7,10H2. The number of hydrogen-bond acceptors (Lipinski definition) is 2. The monoisotopic (exact) mass is 219 g/mol. The molecule has 1 atom stereocenters. The van der Waals surface area contributed by atoms with E-state index >= 15 is 0 Å². The molecule has 0 aliphatic heterocycles. The number of aromatic nitrogens is 1. The van der Waals surface area contributed by atoms with Crippen molar-refractivity contribution >= 4 is 0 Å². The molecule has 0 amide bonds. The van der Waals surface area contributed by atoms with Gasteiger partial charge in [0.15, 0.2) is 0 Å². The normalized spacial score (nSPS) is 20.3. The lowest BCUT2D eigenvalue weighted by molar-refractivity contribution is 0.138. The second kappa shape index (κ2) is 6.00. The first-order valence-corrected chi connectivity index (χ1v) is 6.44. The van der Waals surface area contributed by atoms with Crippen LogP contribution in [0.3, 0.4) is 0 Å². The largest absolute Gasteiger partial charge is 0.388 e. The third-order valence-corrected chi connectivity index (χ3v) is 3.60. The molecule has 2 nitrogen and oxygen atoms in total. The number of rotatable bonds is 3. The molecule has 1 aromatic heterocycles. The zero-order valence-electron chi connectivity index (χ0n) is 9.81. The van der Waals surface area contributed by atoms with Crippen LogP contribution in [0.25, 0.3) is 0 Å². The van der Waals surface area contributed by atoms with Crippen LogP contribution >= 0.6 is 0 Å². The van der Waals surface area contributed by atoms with E-state index in [4.69, 9.17) is 0 Å². The predicted octanol–water partition coefficient (Wildman–Crippen LogP) is 3.48. The van der Waals surface area contributed by atoms with Crippen LogP contribution in [0.5, 0.6) is 0 Å². The first-order valence-electron chi connectivity index (χ1n) is 6.44. The Balaban J connectivity index is 1.88. The first kappa shape index (κ1) is 11.6. The van der Waals surface area contributed by atoms with E-state index in [2.05, 4.69) is 4.98 Å². The number of aliphatic hydroxyl groups excluding tert-OH is 1. The van der Waals surface area contributed by atoms with Crippen molar-refractivity contribution in [3.63, 3.8) is 0 Å². The molecule has 0 bridgehead atoms. The highest BCUT2D eigenvalue weighted by molar-refractivity contribution is 5.11. The van der Waals surface area contributed by atoms with Crippen molar-refractivity contribution in [2.75, 3.05) is 0 Å². The minimum Gasteiger partial charge on any atom is -0.388 e. The second-order valence-corrected chi connectivity index (χ2v) is 4.90. The Morgan fingerprint density at radius 2 is 2.00 bits per heavy atom. The van der Waals surface area contributed by atoms with Crippen LogP contribution in [0, 0.1) is 5.92 Å². The lowest BCUT2D eigenvalue weighted by Crippen LogP contribution is -2.07. The molecule has 1 heterocycles. The molecular formula is C14H21NO. The Bertz CT molecular complexity index is 291. The molecule has 1 aromatic rings. The van der Waals surface area contributed by atoms with Crippen molar-refractivity contribution < 1.29 is 5.11 Å². The topological polar surface area (TPSA) is 33.1 Å². The Hall–Kier alpha value is -0.890. The molecule has 0 saturated heterocycles. The van der Waals surface area contributed by atoms with Gasteiger partial charge in [0.25, 0.3) is 0 Å². The summed E-state index contributed by atoms with van der Waals surface area (Å²) < 4.78 is 0. The maximum atomic E-state index is 10.1. The van der Waals surface area contributed by atoms with Gasteiger partial charge >= 0.3 is 0 Å². The van der Waals surface area contributed by atoms with E-state index in [0.717, 1.165) is 12.0 Å². The lowest BCUT2D eigenvalue weighted by atomic mass is 9.91. The van der Waals surface area contributed by atoms with Crippen molar-refractivity contribution in [3.8, 4) is 0 Å². The predicted molar refractivity (Wildman–Crippen MR) is 65.0 cm³/mol. The maximum Gasteiger partial charge on any atom is 0.0807 e. The van der Waals surface area contributed by atoms with Crippen LogP contribution in [-0.4, -0.2) is 10.1 Å². The fourth-order valence-electron chi connectivity index (χ4n) is 2.62. The Kier molecular flexibility index (Phi) is 4.34. The van der Waals surface area contributed by atoms with Crippen LogP contribution < -0.4 is 0 Å². The molecule has 1 fully saturated rings. The summed E-state index contributed by atoms with van der Waals surface area (Å²) in [5.74, 6) is 0.706. The van der Waals surface area contributed by atoms with Gasteiger partial charge in [0.2, 0.25) is 0 Å². The average Bonchev–Trinajstić information content (AvgIpc) is 2.59. The Labute approximate surface area is 97.7 Å². The van der Waals surface area contributed by atoms with Gasteiger partial charge in [-0.05, 0) is 24.0 Å². The number of aliphatic hydroxyl groups is 1. The van der Waals surface area contributed by atoms with Crippen LogP contribution in [0.15, 0.2) is 24.5 Å². The highest BCUT2D eigenvalue weighted by atomic mass is 16.3. The molecule has 2 rings (SSSR count). The summed E-state index contributed by atoms with van der Waals surface area (Å²) in [6, 6.07) is 3.86. The smallest absolute Gasteiger partial charge is 0.0807 e. The van der Waals surface area contributed by atoms with Gasteiger partial charge in [-0.3, -0.25) is 4.98 Å². The molecule has 16 heavy (non-hydrogen) atoms. The molecular weight excluding hydrogens is 198 g/mol. The quantitative estimate of drug-likeness (QED) is 0.789. The summed E-state index contributed by atoms with van der Waals surface area (Å²) in [6.07, 6.45) is 12.1. The minimum absolute atomic E-state index is 0.322. The van der Waals surface area contributed by atoms with Gasteiger partial charge in [0.1, 0.15) is 0 Å². The van der Waals surface area contributed by atoms with Gasteiger partial charge in [0, 0.05) is 12.4 Å². The summed E-state index contributed by atoms with van der Waals surface area (Å²) in [7, 11) is 0. The highest BCUT2D eigenvalue weighted by Crippen LogP contribution is 2.30. The summed E-state index contributed by atoms with van der Waals surface area (Å²) in [6.45, 7) is 0. The fraction of sp³-hybridized carbons (Fsp3) is 0.643. The average molecular weight is 219 g/mol. The SMILES string of the molecule is OC(CC1CCCCCC1)c1cccnc1. The van der Waals surface area contributed by atoms with E-state index in [0.29, 0.717) is 5.92 Å². The number of hydrogen-bond donors (Lipinski definition) is 1. The van der Waals surface area contributed by atoms with E-state index in [1.165, 1.54) is 38.5 Å². The van der Waals surface area contributed by atoms with E-state index in [1.54, 1.807) is 12.4 Å². The third-order valence-electron chi connectivity index (χ3n) is 3.60. The van der Waals surface area contributed by atoms with E-state index in [-0.39, 0.29) is 6.10 Å². The molecule has 0 aromatic carbocycles. The molecule has 1 saturated carbocycles. The molecule has 88 valence electrons. The first-order chi connectivity index (χ1) is 7.86. The summed E-state index contributed by atoms with van der Waals surface area (Å²) >= 11 is 0. The van der Waals surface area contributed by atoms with Gasteiger partial charge < -0.3 is 5.11 Å². The van der Waals surface area contributed by atoms with Crippen molar-refractivity contribution in [1.29, 1.82) is 0 Å². The van der Waals surface area contributed by atoms with E-state index in [1.807, 2.05) is 12.1 Å². The van der Waals surface area contributed by atoms with Gasteiger partial charge in [-0.2, -0.15) is 0 Å². The number of nitrogens with zero attached hydrogens (tertiary/aromatic N) is 1. The van der Waals surface area contributed by atoms with Crippen molar-refractivity contribution in [3.05, 3.63) is 30.1 Å². The summed E-state index contributed by atoms with van der Waals surface area (Å²) in [5.41, 5.74) is 0.965. The molecule has 1 aliphatic rings. The van der Waals surface area contributed by atoms with Crippen LogP contribution in [0.4, 0.5) is 0 Å². The molecule has 2 heteroatoms. The van der Waals surface area contributed by atoms with E-state index < -0.39 is 0 Å². The molecule has 1 aliphatic carbocycles. The van der Waals surface area contributed by atoms with Gasteiger partial charge in [0.05, 0.1) is 6.10 Å².